The third-order valence-corrected chi connectivity index (χ3v) is 10.9. The van der Waals surface area contributed by atoms with Crippen molar-refractivity contribution < 1.29 is 4.74 Å². The molecule has 1 aliphatic heterocycles. The van der Waals surface area contributed by atoms with Crippen LogP contribution in [0, 0.1) is 0 Å². The van der Waals surface area contributed by atoms with Gasteiger partial charge < -0.3 is 4.74 Å². The smallest absolute Gasteiger partial charge is 0.167 e. The van der Waals surface area contributed by atoms with Gasteiger partial charge in [-0.1, -0.05) is 158 Å². The van der Waals surface area contributed by atoms with Crippen LogP contribution in [-0.4, -0.2) is 19.9 Å². The highest BCUT2D eigenvalue weighted by atomic mass is 16.5. The SMILES string of the molecule is c1ccc(-c2nc(-c3cccc4c3Oc3c(-c5cccnc5)cccc3C43c4ccccc4-c4ccccc43)nc(-c3cccc4ccccc34)n2)cc1. The van der Waals surface area contributed by atoms with Crippen LogP contribution >= 0.6 is 0 Å². The third-order valence-electron chi connectivity index (χ3n) is 10.9. The molecule has 252 valence electrons. The molecule has 0 unspecified atom stereocenters. The Bertz CT molecular complexity index is 2870. The lowest BCUT2D eigenvalue weighted by molar-refractivity contribution is 0.439. The number of benzene rings is 7. The van der Waals surface area contributed by atoms with Crippen LogP contribution < -0.4 is 4.74 Å². The van der Waals surface area contributed by atoms with Gasteiger partial charge in [-0.25, -0.2) is 15.0 Å². The molecular weight excluding hydrogens is 661 g/mol. The topological polar surface area (TPSA) is 60.8 Å². The molecule has 1 aliphatic carbocycles. The van der Waals surface area contributed by atoms with E-state index in [1.807, 2.05) is 42.6 Å². The summed E-state index contributed by atoms with van der Waals surface area (Å²) in [7, 11) is 0. The van der Waals surface area contributed by atoms with Gasteiger partial charge in [0.15, 0.2) is 17.5 Å². The number of aromatic nitrogens is 4. The number of hydrogen-bond donors (Lipinski definition) is 0. The van der Waals surface area contributed by atoms with Gasteiger partial charge in [0.2, 0.25) is 0 Å². The maximum absolute atomic E-state index is 7.30. The Morgan fingerprint density at radius 1 is 0.370 bits per heavy atom. The van der Waals surface area contributed by atoms with Crippen LogP contribution in [0.25, 0.3) is 67.2 Å². The summed E-state index contributed by atoms with van der Waals surface area (Å²) in [4.78, 5) is 20.1. The molecule has 54 heavy (non-hydrogen) atoms. The summed E-state index contributed by atoms with van der Waals surface area (Å²) in [5.41, 5.74) is 10.9. The molecule has 11 rings (SSSR count). The second-order valence-electron chi connectivity index (χ2n) is 13.7. The third kappa shape index (κ3) is 4.39. The fourth-order valence-electron chi connectivity index (χ4n) is 8.63. The average molecular weight is 691 g/mol. The maximum Gasteiger partial charge on any atom is 0.167 e. The average Bonchev–Trinajstić information content (AvgIpc) is 3.54. The van der Waals surface area contributed by atoms with E-state index in [1.54, 1.807) is 6.20 Å². The van der Waals surface area contributed by atoms with E-state index in [0.29, 0.717) is 17.5 Å². The van der Waals surface area contributed by atoms with Gasteiger partial charge in [0.05, 0.1) is 11.0 Å². The zero-order valence-corrected chi connectivity index (χ0v) is 29.0. The van der Waals surface area contributed by atoms with E-state index in [4.69, 9.17) is 19.7 Å². The zero-order valence-electron chi connectivity index (χ0n) is 29.0. The van der Waals surface area contributed by atoms with Crippen LogP contribution in [0.2, 0.25) is 0 Å². The Morgan fingerprint density at radius 3 is 1.63 bits per heavy atom. The normalized spacial score (nSPS) is 13.1. The van der Waals surface area contributed by atoms with Gasteiger partial charge in [-0.3, -0.25) is 4.98 Å². The van der Waals surface area contributed by atoms with Gasteiger partial charge in [0.25, 0.3) is 0 Å². The molecule has 5 heteroatoms. The lowest BCUT2D eigenvalue weighted by Crippen LogP contribution is -2.32. The quantitative estimate of drug-likeness (QED) is 0.184. The van der Waals surface area contributed by atoms with Crippen LogP contribution in [0.15, 0.2) is 182 Å². The molecule has 0 amide bonds. The van der Waals surface area contributed by atoms with Crippen molar-refractivity contribution in [3.63, 3.8) is 0 Å². The molecule has 9 aromatic rings. The molecule has 1 spiro atoms. The van der Waals surface area contributed by atoms with Crippen molar-refractivity contribution in [3.05, 3.63) is 205 Å². The van der Waals surface area contributed by atoms with Crippen LogP contribution in [0.4, 0.5) is 0 Å². The summed E-state index contributed by atoms with van der Waals surface area (Å²) >= 11 is 0. The Balaban J connectivity index is 1.23. The number of rotatable bonds is 4. The van der Waals surface area contributed by atoms with Crippen molar-refractivity contribution >= 4 is 10.8 Å². The van der Waals surface area contributed by atoms with Crippen LogP contribution in [0.5, 0.6) is 11.5 Å². The molecule has 3 heterocycles. The highest BCUT2D eigenvalue weighted by molar-refractivity contribution is 5.96. The molecule has 2 aromatic heterocycles. The van der Waals surface area contributed by atoms with E-state index in [-0.39, 0.29) is 0 Å². The molecule has 7 aromatic carbocycles. The first-order chi connectivity index (χ1) is 26.8. The Morgan fingerprint density at radius 2 is 0.889 bits per heavy atom. The fraction of sp³-hybridized carbons (Fsp3) is 0.0204. The van der Waals surface area contributed by atoms with Gasteiger partial charge in [-0.05, 0) is 45.2 Å². The largest absolute Gasteiger partial charge is 0.455 e. The predicted molar refractivity (Wildman–Crippen MR) is 214 cm³/mol. The van der Waals surface area contributed by atoms with Gasteiger partial charge in [-0.2, -0.15) is 0 Å². The van der Waals surface area contributed by atoms with Gasteiger partial charge in [0.1, 0.15) is 11.5 Å². The highest BCUT2D eigenvalue weighted by Crippen LogP contribution is 2.64. The van der Waals surface area contributed by atoms with Crippen LogP contribution in [-0.2, 0) is 5.41 Å². The second kappa shape index (κ2) is 11.9. The van der Waals surface area contributed by atoms with Crippen LogP contribution in [0.3, 0.4) is 0 Å². The summed E-state index contributed by atoms with van der Waals surface area (Å²) in [6.45, 7) is 0. The molecule has 0 saturated carbocycles. The van der Waals surface area contributed by atoms with Crippen molar-refractivity contribution in [1.29, 1.82) is 0 Å². The fourth-order valence-corrected chi connectivity index (χ4v) is 8.63. The molecule has 0 atom stereocenters. The Hall–Kier alpha value is -7.24. The van der Waals surface area contributed by atoms with Gasteiger partial charge in [-0.15, -0.1) is 0 Å². The lowest BCUT2D eigenvalue weighted by Gasteiger charge is -2.40. The number of para-hydroxylation sites is 2. The molecule has 2 aliphatic rings. The first-order valence-corrected chi connectivity index (χ1v) is 18.1. The number of fused-ring (bicyclic) bond motifs is 10. The highest BCUT2D eigenvalue weighted by Gasteiger charge is 2.52. The Kier molecular flexibility index (Phi) is 6.70. The molecule has 0 radical (unpaired) electrons. The minimum absolute atomic E-state index is 0.542. The minimum Gasteiger partial charge on any atom is -0.455 e. The molecule has 0 N–H and O–H groups in total. The van der Waals surface area contributed by atoms with Crippen LogP contribution in [0.1, 0.15) is 22.3 Å². The van der Waals surface area contributed by atoms with E-state index in [0.717, 1.165) is 61.2 Å². The standard InChI is InChI=1S/C49H30N4O/c1-2-15-32(16-3-1)46-51-47(38-23-10-17-31-14-4-5-19-34(31)38)53-48(52-46)39-24-12-28-43-45(39)54-44-35(33-18-13-29-50-30-33)22-11-27-42(44)49(43)40-25-8-6-20-36(40)37-21-7-9-26-41(37)49/h1-30H. The summed E-state index contributed by atoms with van der Waals surface area (Å²) in [5, 5.41) is 2.20. The van der Waals surface area contributed by atoms with E-state index in [1.165, 1.54) is 22.3 Å². The Labute approximate surface area is 312 Å². The predicted octanol–water partition coefficient (Wildman–Crippen LogP) is 11.6. The molecule has 0 bridgehead atoms. The van der Waals surface area contributed by atoms with Crippen molar-refractivity contribution in [3.8, 4) is 67.9 Å². The van der Waals surface area contributed by atoms with Crippen molar-refractivity contribution in [2.24, 2.45) is 0 Å². The van der Waals surface area contributed by atoms with Gasteiger partial charge >= 0.3 is 0 Å². The van der Waals surface area contributed by atoms with Crippen molar-refractivity contribution in [2.75, 3.05) is 0 Å². The number of pyridine rings is 1. The number of ether oxygens (including phenoxy) is 1. The summed E-state index contributed by atoms with van der Waals surface area (Å²) in [6, 6.07) is 59.2. The summed E-state index contributed by atoms with van der Waals surface area (Å²) in [6.07, 6.45) is 3.70. The summed E-state index contributed by atoms with van der Waals surface area (Å²) in [5.74, 6) is 3.26. The van der Waals surface area contributed by atoms with Crippen molar-refractivity contribution in [2.45, 2.75) is 5.41 Å². The first-order valence-electron chi connectivity index (χ1n) is 18.1. The first kappa shape index (κ1) is 30.4. The number of hydrogen-bond acceptors (Lipinski definition) is 5. The zero-order chi connectivity index (χ0) is 35.6. The molecular formula is C49H30N4O. The molecule has 5 nitrogen and oxygen atoms in total. The minimum atomic E-state index is -0.669. The second-order valence-corrected chi connectivity index (χ2v) is 13.7. The van der Waals surface area contributed by atoms with E-state index >= 15 is 0 Å². The lowest BCUT2D eigenvalue weighted by atomic mass is 9.65. The van der Waals surface area contributed by atoms with Crippen molar-refractivity contribution in [1.82, 2.24) is 19.9 Å². The van der Waals surface area contributed by atoms with E-state index in [9.17, 15) is 0 Å². The molecule has 0 fully saturated rings. The van der Waals surface area contributed by atoms with Gasteiger partial charge in [0, 0.05) is 45.8 Å². The van der Waals surface area contributed by atoms with E-state index in [2.05, 4.69) is 138 Å². The summed E-state index contributed by atoms with van der Waals surface area (Å²) < 4.78 is 7.30. The van der Waals surface area contributed by atoms with E-state index < -0.39 is 5.41 Å². The monoisotopic (exact) mass is 690 g/mol. The number of nitrogens with zero attached hydrogens (tertiary/aromatic N) is 4. The molecule has 0 saturated heterocycles. The maximum atomic E-state index is 7.30.